The third-order valence-electron chi connectivity index (χ3n) is 4.21. The van der Waals surface area contributed by atoms with Crippen LogP contribution in [0, 0.1) is 18.4 Å². The second-order valence-corrected chi connectivity index (χ2v) is 9.63. The van der Waals surface area contributed by atoms with E-state index < -0.39 is 8.07 Å². The molecule has 0 N–H and O–H groups in total. The first-order valence-corrected chi connectivity index (χ1v) is 10.4. The fourth-order valence-electron chi connectivity index (χ4n) is 2.69. The maximum absolute atomic E-state index is 3.65. The van der Waals surface area contributed by atoms with Crippen molar-refractivity contribution in [3.8, 4) is 11.5 Å². The van der Waals surface area contributed by atoms with E-state index in [0.717, 1.165) is 5.56 Å². The molecule has 0 aliphatic rings. The van der Waals surface area contributed by atoms with Gasteiger partial charge in [0.25, 0.3) is 0 Å². The van der Waals surface area contributed by atoms with Crippen LogP contribution in [0.2, 0.25) is 6.55 Å². The molecule has 3 rings (SSSR count). The van der Waals surface area contributed by atoms with E-state index in [0.29, 0.717) is 0 Å². The van der Waals surface area contributed by atoms with Crippen LogP contribution in [0.25, 0.3) is 0 Å². The van der Waals surface area contributed by atoms with Crippen LogP contribution in [0.1, 0.15) is 11.1 Å². The third-order valence-corrected chi connectivity index (χ3v) is 7.81. The molecule has 112 valence electrons. The number of benzene rings is 3. The Bertz CT molecular complexity index is 782. The first-order chi connectivity index (χ1) is 11.2. The van der Waals surface area contributed by atoms with Crippen molar-refractivity contribution in [1.29, 1.82) is 0 Å². The molecule has 0 aromatic heterocycles. The second kappa shape index (κ2) is 6.69. The van der Waals surface area contributed by atoms with Crippen LogP contribution < -0.4 is 10.4 Å². The lowest BCUT2D eigenvalue weighted by atomic mass is 10.2. The van der Waals surface area contributed by atoms with Gasteiger partial charge in [0.2, 0.25) is 0 Å². The van der Waals surface area contributed by atoms with Crippen molar-refractivity contribution in [2.45, 2.75) is 13.5 Å². The number of hydrogen-bond acceptors (Lipinski definition) is 0. The highest BCUT2D eigenvalue weighted by molar-refractivity contribution is 7.07. The molecule has 0 saturated heterocycles. The molecule has 0 bridgehead atoms. The van der Waals surface area contributed by atoms with Crippen molar-refractivity contribution >= 4 is 18.4 Å². The molecule has 0 atom stereocenters. The summed E-state index contributed by atoms with van der Waals surface area (Å²) in [7, 11) is -2.06. The fourth-order valence-corrected chi connectivity index (χ4v) is 5.42. The van der Waals surface area contributed by atoms with Crippen molar-refractivity contribution in [2.75, 3.05) is 0 Å². The van der Waals surface area contributed by atoms with Gasteiger partial charge in [0.15, 0.2) is 8.07 Å². The molecule has 0 nitrogen and oxygen atoms in total. The molecule has 23 heavy (non-hydrogen) atoms. The summed E-state index contributed by atoms with van der Waals surface area (Å²) in [5.41, 5.74) is 6.00. The molecular formula is C22H20Si. The van der Waals surface area contributed by atoms with Gasteiger partial charge in [0, 0.05) is 5.56 Å². The Morgan fingerprint density at radius 1 is 0.652 bits per heavy atom. The average Bonchev–Trinajstić information content (AvgIpc) is 2.62. The Kier molecular flexibility index (Phi) is 4.46. The van der Waals surface area contributed by atoms with Gasteiger partial charge in [-0.1, -0.05) is 90.8 Å². The summed E-state index contributed by atoms with van der Waals surface area (Å²) in [5.74, 6) is 3.42. The molecular weight excluding hydrogens is 292 g/mol. The van der Waals surface area contributed by atoms with Crippen molar-refractivity contribution in [3.63, 3.8) is 0 Å². The molecule has 0 radical (unpaired) electrons. The van der Waals surface area contributed by atoms with Gasteiger partial charge in [0.05, 0.1) is 0 Å². The quantitative estimate of drug-likeness (QED) is 0.499. The smallest absolute Gasteiger partial charge is 0.115 e. The van der Waals surface area contributed by atoms with Crippen LogP contribution in [-0.2, 0) is 0 Å². The Morgan fingerprint density at radius 2 is 1.13 bits per heavy atom. The molecule has 3 aromatic rings. The highest BCUT2D eigenvalue weighted by atomic mass is 28.3. The maximum atomic E-state index is 3.65. The maximum Gasteiger partial charge on any atom is 0.196 e. The summed E-state index contributed by atoms with van der Waals surface area (Å²) >= 11 is 0. The summed E-state index contributed by atoms with van der Waals surface area (Å²) < 4.78 is 0. The second-order valence-electron chi connectivity index (χ2n) is 5.97. The predicted molar refractivity (Wildman–Crippen MR) is 102 cm³/mol. The summed E-state index contributed by atoms with van der Waals surface area (Å²) in [5, 5.41) is 2.71. The number of rotatable bonds is 2. The minimum Gasteiger partial charge on any atom is -0.115 e. The van der Waals surface area contributed by atoms with Gasteiger partial charge in [-0.05, 0) is 29.4 Å². The molecule has 3 aromatic carbocycles. The van der Waals surface area contributed by atoms with Crippen LogP contribution in [0.5, 0.6) is 0 Å². The summed E-state index contributed by atoms with van der Waals surface area (Å²) in [4.78, 5) is 0. The normalized spacial score (nSPS) is 10.7. The Labute approximate surface area is 139 Å². The van der Waals surface area contributed by atoms with E-state index in [4.69, 9.17) is 0 Å². The zero-order valence-electron chi connectivity index (χ0n) is 13.6. The van der Waals surface area contributed by atoms with E-state index in [2.05, 4.69) is 110 Å². The molecule has 0 aliphatic heterocycles. The lowest BCUT2D eigenvalue weighted by Crippen LogP contribution is -2.54. The minimum absolute atomic E-state index is 1.08. The van der Waals surface area contributed by atoms with Crippen LogP contribution >= 0.6 is 0 Å². The van der Waals surface area contributed by atoms with Gasteiger partial charge in [-0.25, -0.2) is 0 Å². The topological polar surface area (TPSA) is 0 Å². The molecule has 0 spiro atoms. The summed E-state index contributed by atoms with van der Waals surface area (Å²) in [6, 6.07) is 29.9. The summed E-state index contributed by atoms with van der Waals surface area (Å²) in [6.45, 7) is 4.43. The van der Waals surface area contributed by atoms with Gasteiger partial charge < -0.3 is 0 Å². The average molecular weight is 312 g/mol. The molecule has 0 unspecified atom stereocenters. The van der Waals surface area contributed by atoms with Gasteiger partial charge in [-0.3, -0.25) is 0 Å². The van der Waals surface area contributed by atoms with Gasteiger partial charge in [-0.2, -0.15) is 0 Å². The van der Waals surface area contributed by atoms with Crippen molar-refractivity contribution in [3.05, 3.63) is 96.1 Å². The van der Waals surface area contributed by atoms with E-state index in [1.807, 2.05) is 0 Å². The van der Waals surface area contributed by atoms with Crippen LogP contribution in [0.15, 0.2) is 84.9 Å². The molecule has 0 saturated carbocycles. The van der Waals surface area contributed by atoms with Gasteiger partial charge >= 0.3 is 0 Å². The lowest BCUT2D eigenvalue weighted by molar-refractivity contribution is 1.46. The van der Waals surface area contributed by atoms with Crippen LogP contribution in [0.4, 0.5) is 0 Å². The molecule has 0 heterocycles. The standard InChI is InChI=1S/C22H20Si/c1-19-13-15-20(16-14-19)17-18-23(2,21-9-5-3-6-10-21)22-11-7-4-8-12-22/h3-16H,1-2H3. The van der Waals surface area contributed by atoms with E-state index in [9.17, 15) is 0 Å². The molecule has 0 amide bonds. The summed E-state index contributed by atoms with van der Waals surface area (Å²) in [6.07, 6.45) is 0. The van der Waals surface area contributed by atoms with Crippen LogP contribution in [0.3, 0.4) is 0 Å². The Hall–Kier alpha value is -2.56. The molecule has 0 aliphatic carbocycles. The van der Waals surface area contributed by atoms with E-state index in [-0.39, 0.29) is 0 Å². The monoisotopic (exact) mass is 312 g/mol. The Morgan fingerprint density at radius 3 is 1.61 bits per heavy atom. The first kappa shape index (κ1) is 15.3. The fraction of sp³-hybridized carbons (Fsp3) is 0.0909. The highest BCUT2D eigenvalue weighted by Gasteiger charge is 2.29. The molecule has 1 heteroatoms. The first-order valence-electron chi connectivity index (χ1n) is 7.89. The zero-order valence-corrected chi connectivity index (χ0v) is 14.6. The Balaban J connectivity index is 2.09. The van der Waals surface area contributed by atoms with E-state index in [1.165, 1.54) is 15.9 Å². The number of hydrogen-bond donors (Lipinski definition) is 0. The van der Waals surface area contributed by atoms with Crippen molar-refractivity contribution in [1.82, 2.24) is 0 Å². The third kappa shape index (κ3) is 3.44. The minimum atomic E-state index is -2.06. The predicted octanol–water partition coefficient (Wildman–Crippen LogP) is 3.78. The van der Waals surface area contributed by atoms with Gasteiger partial charge in [0.1, 0.15) is 0 Å². The highest BCUT2D eigenvalue weighted by Crippen LogP contribution is 2.06. The van der Waals surface area contributed by atoms with Crippen molar-refractivity contribution in [2.24, 2.45) is 0 Å². The molecule has 0 fully saturated rings. The zero-order chi connectivity index (χ0) is 16.1. The van der Waals surface area contributed by atoms with Crippen molar-refractivity contribution < 1.29 is 0 Å². The largest absolute Gasteiger partial charge is 0.196 e. The van der Waals surface area contributed by atoms with Gasteiger partial charge in [-0.15, -0.1) is 5.54 Å². The number of aryl methyl sites for hydroxylation is 1. The lowest BCUT2D eigenvalue weighted by Gasteiger charge is -2.22. The SMILES string of the molecule is Cc1ccc(C#C[Si](C)(c2ccccc2)c2ccccc2)cc1. The van der Waals surface area contributed by atoms with E-state index >= 15 is 0 Å². The van der Waals surface area contributed by atoms with E-state index in [1.54, 1.807) is 0 Å². The van der Waals surface area contributed by atoms with Crippen LogP contribution in [-0.4, -0.2) is 8.07 Å².